The molecular weight excluding hydrogens is 202 g/mol. The summed E-state index contributed by atoms with van der Waals surface area (Å²) in [6.45, 7) is 5.15. The molecule has 0 aromatic heterocycles. The van der Waals surface area contributed by atoms with E-state index in [1.807, 2.05) is 12.1 Å². The number of hydrogen-bond acceptors (Lipinski definition) is 2. The van der Waals surface area contributed by atoms with Crippen molar-refractivity contribution in [3.8, 4) is 0 Å². The van der Waals surface area contributed by atoms with Crippen molar-refractivity contribution in [2.45, 2.75) is 20.3 Å². The van der Waals surface area contributed by atoms with E-state index in [9.17, 15) is 4.79 Å². The van der Waals surface area contributed by atoms with Gasteiger partial charge in [0.15, 0.2) is 0 Å². The first-order valence-electron chi connectivity index (χ1n) is 5.59. The van der Waals surface area contributed by atoms with E-state index in [0.29, 0.717) is 6.54 Å². The van der Waals surface area contributed by atoms with Crippen molar-refractivity contribution in [2.75, 3.05) is 13.1 Å². The fourth-order valence-electron chi connectivity index (χ4n) is 1.52. The molecule has 0 bridgehead atoms. The van der Waals surface area contributed by atoms with Crippen molar-refractivity contribution in [3.05, 3.63) is 35.4 Å². The number of carbonyl (C=O) groups is 1. The van der Waals surface area contributed by atoms with Gasteiger partial charge in [0.25, 0.3) is 0 Å². The molecule has 1 aromatic rings. The Morgan fingerprint density at radius 3 is 2.75 bits per heavy atom. The highest BCUT2D eigenvalue weighted by atomic mass is 16.4. The van der Waals surface area contributed by atoms with Crippen LogP contribution in [0.5, 0.6) is 0 Å². The maximum absolute atomic E-state index is 10.6. The molecule has 88 valence electrons. The zero-order chi connectivity index (χ0) is 12.0. The molecule has 0 aliphatic heterocycles. The molecule has 0 radical (unpaired) electrons. The molecular formula is C13H19NO2. The first-order valence-corrected chi connectivity index (χ1v) is 5.59. The topological polar surface area (TPSA) is 49.3 Å². The third kappa shape index (κ3) is 4.03. The maximum Gasteiger partial charge on any atom is 0.307 e. The Balaban J connectivity index is 2.26. The number of rotatable bonds is 6. The van der Waals surface area contributed by atoms with E-state index in [0.717, 1.165) is 13.0 Å². The lowest BCUT2D eigenvalue weighted by Crippen LogP contribution is -2.27. The van der Waals surface area contributed by atoms with Gasteiger partial charge in [-0.2, -0.15) is 0 Å². The van der Waals surface area contributed by atoms with Crippen molar-refractivity contribution >= 4 is 5.97 Å². The second-order valence-corrected chi connectivity index (χ2v) is 4.12. The Morgan fingerprint density at radius 2 is 2.12 bits per heavy atom. The number of carboxylic acid groups (broad SMARTS) is 1. The van der Waals surface area contributed by atoms with Gasteiger partial charge in [-0.25, -0.2) is 0 Å². The number of hydrogen-bond donors (Lipinski definition) is 2. The van der Waals surface area contributed by atoms with Crippen LogP contribution in [0.15, 0.2) is 24.3 Å². The predicted molar refractivity (Wildman–Crippen MR) is 64.6 cm³/mol. The third-order valence-corrected chi connectivity index (χ3v) is 2.70. The average molecular weight is 221 g/mol. The van der Waals surface area contributed by atoms with Crippen molar-refractivity contribution in [1.29, 1.82) is 0 Å². The van der Waals surface area contributed by atoms with Gasteiger partial charge in [-0.3, -0.25) is 4.79 Å². The molecule has 0 saturated heterocycles. The van der Waals surface area contributed by atoms with E-state index >= 15 is 0 Å². The first kappa shape index (κ1) is 12.7. The standard InChI is InChI=1S/C13H19NO2/c1-10-5-3-4-6-12(10)7-8-14-9-11(2)13(15)16/h3-6,11,14H,7-9H2,1-2H3,(H,15,16). The van der Waals surface area contributed by atoms with Gasteiger partial charge in [0, 0.05) is 6.54 Å². The highest BCUT2D eigenvalue weighted by Crippen LogP contribution is 2.06. The second-order valence-electron chi connectivity index (χ2n) is 4.12. The Morgan fingerprint density at radius 1 is 1.44 bits per heavy atom. The summed E-state index contributed by atoms with van der Waals surface area (Å²) in [5, 5.41) is 11.9. The molecule has 0 fully saturated rings. The molecule has 1 atom stereocenters. The minimum Gasteiger partial charge on any atom is -0.481 e. The highest BCUT2D eigenvalue weighted by Gasteiger charge is 2.09. The second kappa shape index (κ2) is 6.28. The van der Waals surface area contributed by atoms with Gasteiger partial charge in [-0.05, 0) is 31.0 Å². The summed E-state index contributed by atoms with van der Waals surface area (Å²) in [6, 6.07) is 8.26. The minimum atomic E-state index is -0.747. The van der Waals surface area contributed by atoms with Crippen LogP contribution < -0.4 is 5.32 Å². The molecule has 0 spiro atoms. The van der Waals surface area contributed by atoms with Crippen LogP contribution in [-0.4, -0.2) is 24.2 Å². The maximum atomic E-state index is 10.6. The summed E-state index contributed by atoms with van der Waals surface area (Å²) < 4.78 is 0. The molecule has 3 nitrogen and oxygen atoms in total. The summed E-state index contributed by atoms with van der Waals surface area (Å²) in [5.74, 6) is -1.07. The van der Waals surface area contributed by atoms with Gasteiger partial charge in [0.05, 0.1) is 5.92 Å². The molecule has 0 amide bonds. The van der Waals surface area contributed by atoms with Gasteiger partial charge in [-0.1, -0.05) is 31.2 Å². The lowest BCUT2D eigenvalue weighted by Gasteiger charge is -2.09. The van der Waals surface area contributed by atoms with E-state index < -0.39 is 5.97 Å². The highest BCUT2D eigenvalue weighted by molar-refractivity contribution is 5.69. The van der Waals surface area contributed by atoms with Crippen LogP contribution in [-0.2, 0) is 11.2 Å². The molecule has 3 heteroatoms. The fraction of sp³-hybridized carbons (Fsp3) is 0.462. The molecule has 0 saturated carbocycles. The van der Waals surface area contributed by atoms with Gasteiger partial charge in [0.1, 0.15) is 0 Å². The van der Waals surface area contributed by atoms with E-state index in [-0.39, 0.29) is 5.92 Å². The van der Waals surface area contributed by atoms with Crippen LogP contribution >= 0.6 is 0 Å². The Kier molecular flexibility index (Phi) is 4.99. The van der Waals surface area contributed by atoms with E-state index in [1.54, 1.807) is 6.92 Å². The number of benzene rings is 1. The zero-order valence-electron chi connectivity index (χ0n) is 9.86. The van der Waals surface area contributed by atoms with Crippen LogP contribution in [0.3, 0.4) is 0 Å². The quantitative estimate of drug-likeness (QED) is 0.721. The Labute approximate surface area is 96.5 Å². The summed E-state index contributed by atoms with van der Waals surface area (Å²) in [6.07, 6.45) is 0.943. The molecule has 0 heterocycles. The predicted octanol–water partition coefficient (Wildman–Crippen LogP) is 1.85. The number of nitrogens with one attached hydrogen (secondary N) is 1. The normalized spacial score (nSPS) is 12.4. The smallest absolute Gasteiger partial charge is 0.307 e. The van der Waals surface area contributed by atoms with Crippen LogP contribution in [0.4, 0.5) is 0 Å². The summed E-state index contributed by atoms with van der Waals surface area (Å²) in [5.41, 5.74) is 2.61. The van der Waals surface area contributed by atoms with Gasteiger partial charge in [-0.15, -0.1) is 0 Å². The van der Waals surface area contributed by atoms with E-state index in [4.69, 9.17) is 5.11 Å². The van der Waals surface area contributed by atoms with Gasteiger partial charge in [0.2, 0.25) is 0 Å². The van der Waals surface area contributed by atoms with Crippen LogP contribution in [0.1, 0.15) is 18.1 Å². The van der Waals surface area contributed by atoms with Gasteiger partial charge < -0.3 is 10.4 Å². The summed E-state index contributed by atoms with van der Waals surface area (Å²) in [4.78, 5) is 10.6. The first-order chi connectivity index (χ1) is 7.61. The van der Waals surface area contributed by atoms with Crippen molar-refractivity contribution < 1.29 is 9.90 Å². The summed E-state index contributed by atoms with van der Waals surface area (Å²) in [7, 11) is 0. The van der Waals surface area contributed by atoms with Crippen molar-refractivity contribution in [1.82, 2.24) is 5.32 Å². The molecule has 0 aliphatic rings. The SMILES string of the molecule is Cc1ccccc1CCNCC(C)C(=O)O. The van der Waals surface area contributed by atoms with Crippen LogP contribution in [0, 0.1) is 12.8 Å². The minimum absolute atomic E-state index is 0.322. The average Bonchev–Trinajstić information content (AvgIpc) is 2.26. The Hall–Kier alpha value is -1.35. The lowest BCUT2D eigenvalue weighted by atomic mass is 10.1. The zero-order valence-corrected chi connectivity index (χ0v) is 9.86. The lowest BCUT2D eigenvalue weighted by molar-refractivity contribution is -0.140. The van der Waals surface area contributed by atoms with Crippen molar-refractivity contribution in [3.63, 3.8) is 0 Å². The molecule has 1 aromatic carbocycles. The number of carboxylic acids is 1. The molecule has 16 heavy (non-hydrogen) atoms. The van der Waals surface area contributed by atoms with Crippen molar-refractivity contribution in [2.24, 2.45) is 5.92 Å². The van der Waals surface area contributed by atoms with Gasteiger partial charge >= 0.3 is 5.97 Å². The molecule has 1 rings (SSSR count). The number of aliphatic carboxylic acids is 1. The molecule has 2 N–H and O–H groups in total. The van der Waals surface area contributed by atoms with Crippen LogP contribution in [0.25, 0.3) is 0 Å². The van der Waals surface area contributed by atoms with Crippen LogP contribution in [0.2, 0.25) is 0 Å². The third-order valence-electron chi connectivity index (χ3n) is 2.70. The Bertz CT molecular complexity index is 350. The monoisotopic (exact) mass is 221 g/mol. The number of aryl methyl sites for hydroxylation is 1. The largest absolute Gasteiger partial charge is 0.481 e. The van der Waals surface area contributed by atoms with E-state index in [2.05, 4.69) is 24.4 Å². The molecule has 1 unspecified atom stereocenters. The van der Waals surface area contributed by atoms with E-state index in [1.165, 1.54) is 11.1 Å². The fourth-order valence-corrected chi connectivity index (χ4v) is 1.52. The molecule has 0 aliphatic carbocycles. The summed E-state index contributed by atoms with van der Waals surface area (Å²) >= 11 is 0.